The lowest BCUT2D eigenvalue weighted by atomic mass is 10.2. The van der Waals surface area contributed by atoms with Crippen LogP contribution in [0, 0.1) is 0 Å². The third-order valence-electron chi connectivity index (χ3n) is 5.94. The van der Waals surface area contributed by atoms with Gasteiger partial charge in [-0.25, -0.2) is 18.2 Å². The van der Waals surface area contributed by atoms with Gasteiger partial charge in [0.05, 0.1) is 15.8 Å². The largest absolute Gasteiger partial charge is 0.336 e. The van der Waals surface area contributed by atoms with Crippen molar-refractivity contribution in [1.29, 1.82) is 0 Å². The number of sulfonamides is 1. The number of Topliss-reactive ketones (excluding diaryl/α,β-unsaturated/α-hetero) is 1. The summed E-state index contributed by atoms with van der Waals surface area (Å²) in [5.74, 6) is -0.618. The molecule has 0 bridgehead atoms. The molecule has 0 radical (unpaired) electrons. The van der Waals surface area contributed by atoms with E-state index in [0.29, 0.717) is 5.56 Å². The normalized spacial score (nSPS) is 15.0. The molecule has 2 aromatic heterocycles. The number of carbonyl (C=O) groups is 2. The average molecular weight is 486 g/mol. The van der Waals surface area contributed by atoms with Gasteiger partial charge in [-0.05, 0) is 25.1 Å². The van der Waals surface area contributed by atoms with Crippen molar-refractivity contribution >= 4 is 32.7 Å². The Hall–Kier alpha value is -3.64. The van der Waals surface area contributed by atoms with Crippen LogP contribution in [0.3, 0.4) is 0 Å². The zero-order valence-corrected chi connectivity index (χ0v) is 19.7. The van der Waals surface area contributed by atoms with Crippen LogP contribution in [0.4, 0.5) is 0 Å². The molecule has 11 nitrogen and oxygen atoms in total. The van der Waals surface area contributed by atoms with E-state index in [1.165, 1.54) is 65.3 Å². The molecule has 1 amide bonds. The van der Waals surface area contributed by atoms with E-state index in [0.717, 1.165) is 4.57 Å². The molecule has 1 fully saturated rings. The van der Waals surface area contributed by atoms with Crippen molar-refractivity contribution < 1.29 is 18.0 Å². The van der Waals surface area contributed by atoms with E-state index in [2.05, 4.69) is 4.98 Å². The molecule has 3 heterocycles. The number of aromatic nitrogens is 3. The molecule has 1 aromatic carbocycles. The quantitative estimate of drug-likeness (QED) is 0.475. The molecular formula is C22H23N5O6S. The molecule has 178 valence electrons. The number of ketones is 1. The van der Waals surface area contributed by atoms with E-state index in [4.69, 9.17) is 0 Å². The topological polar surface area (TPSA) is 132 Å². The molecule has 1 aliphatic heterocycles. The molecule has 3 aromatic rings. The first-order valence-corrected chi connectivity index (χ1v) is 11.9. The van der Waals surface area contributed by atoms with Crippen LogP contribution >= 0.6 is 0 Å². The van der Waals surface area contributed by atoms with Crippen molar-refractivity contribution in [3.05, 3.63) is 68.5 Å². The van der Waals surface area contributed by atoms with Gasteiger partial charge in [0.1, 0.15) is 5.65 Å². The number of benzene rings is 1. The maximum absolute atomic E-state index is 13.0. The molecular weight excluding hydrogens is 462 g/mol. The summed E-state index contributed by atoms with van der Waals surface area (Å²) in [7, 11) is -0.984. The summed E-state index contributed by atoms with van der Waals surface area (Å²) in [6, 6.07) is 7.28. The summed E-state index contributed by atoms with van der Waals surface area (Å²) < 4.78 is 29.5. The Morgan fingerprint density at radius 3 is 2.26 bits per heavy atom. The molecule has 0 atom stereocenters. The summed E-state index contributed by atoms with van der Waals surface area (Å²) in [5, 5.41) is 0.141. The summed E-state index contributed by atoms with van der Waals surface area (Å²) in [4.78, 5) is 54.9. The van der Waals surface area contributed by atoms with Gasteiger partial charge in [-0.1, -0.05) is 12.1 Å². The highest BCUT2D eigenvalue weighted by Crippen LogP contribution is 2.20. The first-order valence-electron chi connectivity index (χ1n) is 10.5. The minimum atomic E-state index is -3.83. The number of fused-ring (bicyclic) bond motifs is 1. The standard InChI is InChI=1S/C22H23N5O6S/c1-14(28)15-5-4-6-17(11-15)34(32,33)27-9-7-26(8-10-27)20(29)16-12-18-19(23-13-16)24(2)22(31)25(3)21(18)30/h4-6,11-13H,7-10H2,1-3H3. The smallest absolute Gasteiger partial charge is 0.332 e. The van der Waals surface area contributed by atoms with Crippen LogP contribution in [0.2, 0.25) is 0 Å². The average Bonchev–Trinajstić information content (AvgIpc) is 2.85. The Kier molecular flexibility index (Phi) is 5.96. The van der Waals surface area contributed by atoms with Crippen molar-refractivity contribution in [2.45, 2.75) is 11.8 Å². The number of hydrogen-bond donors (Lipinski definition) is 0. The van der Waals surface area contributed by atoms with Crippen LogP contribution in [0.1, 0.15) is 27.6 Å². The van der Waals surface area contributed by atoms with Crippen molar-refractivity contribution in [2.24, 2.45) is 14.1 Å². The zero-order valence-electron chi connectivity index (χ0n) is 18.9. The SMILES string of the molecule is CC(=O)c1cccc(S(=O)(=O)N2CCN(C(=O)c3cnc4c(c3)c(=O)n(C)c(=O)n4C)CC2)c1. The Balaban J connectivity index is 1.54. The lowest BCUT2D eigenvalue weighted by molar-refractivity contribution is 0.0697. The van der Waals surface area contributed by atoms with Crippen LogP contribution in [0.25, 0.3) is 11.0 Å². The molecule has 34 heavy (non-hydrogen) atoms. The van der Waals surface area contributed by atoms with Crippen LogP contribution in [-0.2, 0) is 24.1 Å². The van der Waals surface area contributed by atoms with Gasteiger partial charge in [0.25, 0.3) is 11.5 Å². The Labute approximate surface area is 194 Å². The van der Waals surface area contributed by atoms with E-state index in [-0.39, 0.29) is 59.4 Å². The highest BCUT2D eigenvalue weighted by molar-refractivity contribution is 7.89. The Bertz CT molecular complexity index is 1550. The number of pyridine rings is 1. The monoisotopic (exact) mass is 485 g/mol. The van der Waals surface area contributed by atoms with E-state index >= 15 is 0 Å². The number of rotatable bonds is 4. The predicted molar refractivity (Wildman–Crippen MR) is 123 cm³/mol. The highest BCUT2D eigenvalue weighted by Gasteiger charge is 2.31. The third kappa shape index (κ3) is 3.94. The van der Waals surface area contributed by atoms with Gasteiger partial charge in [-0.2, -0.15) is 4.31 Å². The molecule has 0 saturated carbocycles. The maximum atomic E-state index is 13.0. The van der Waals surface area contributed by atoms with Gasteiger partial charge in [-0.3, -0.25) is 23.5 Å². The molecule has 1 saturated heterocycles. The number of carbonyl (C=O) groups excluding carboxylic acids is 2. The number of piperazine rings is 1. The lowest BCUT2D eigenvalue weighted by Crippen LogP contribution is -2.50. The molecule has 0 aliphatic carbocycles. The summed E-state index contributed by atoms with van der Waals surface area (Å²) in [6.45, 7) is 1.82. The fourth-order valence-corrected chi connectivity index (χ4v) is 5.39. The summed E-state index contributed by atoms with van der Waals surface area (Å²) in [6.07, 6.45) is 1.31. The van der Waals surface area contributed by atoms with Crippen LogP contribution in [0.5, 0.6) is 0 Å². The highest BCUT2D eigenvalue weighted by atomic mass is 32.2. The number of hydrogen-bond acceptors (Lipinski definition) is 7. The molecule has 12 heteroatoms. The van der Waals surface area contributed by atoms with Crippen molar-refractivity contribution in [1.82, 2.24) is 23.3 Å². The van der Waals surface area contributed by atoms with E-state index in [1.807, 2.05) is 0 Å². The third-order valence-corrected chi connectivity index (χ3v) is 7.84. The van der Waals surface area contributed by atoms with E-state index < -0.39 is 21.3 Å². The molecule has 1 aliphatic rings. The fourth-order valence-electron chi connectivity index (χ4n) is 3.92. The predicted octanol–water partition coefficient (Wildman–Crippen LogP) is -0.0185. The van der Waals surface area contributed by atoms with Crippen molar-refractivity contribution in [3.8, 4) is 0 Å². The second-order valence-corrected chi connectivity index (χ2v) is 10.0. The van der Waals surface area contributed by atoms with E-state index in [9.17, 15) is 27.6 Å². The molecule has 0 spiro atoms. The van der Waals surface area contributed by atoms with Gasteiger partial charge >= 0.3 is 5.69 Å². The minimum absolute atomic E-state index is 0.0279. The molecule has 4 rings (SSSR count). The Morgan fingerprint density at radius 1 is 0.941 bits per heavy atom. The summed E-state index contributed by atoms with van der Waals surface area (Å²) >= 11 is 0. The molecule has 0 N–H and O–H groups in total. The zero-order chi connectivity index (χ0) is 24.8. The van der Waals surface area contributed by atoms with Crippen LogP contribution in [0.15, 0.2) is 51.0 Å². The second-order valence-electron chi connectivity index (χ2n) is 8.08. The van der Waals surface area contributed by atoms with Gasteiger partial charge in [0.2, 0.25) is 10.0 Å². The number of nitrogens with zero attached hydrogens (tertiary/aromatic N) is 5. The van der Waals surface area contributed by atoms with Crippen LogP contribution in [-0.4, -0.2) is 69.6 Å². The van der Waals surface area contributed by atoms with Gasteiger partial charge in [-0.15, -0.1) is 0 Å². The Morgan fingerprint density at radius 2 is 1.62 bits per heavy atom. The van der Waals surface area contributed by atoms with E-state index in [1.54, 1.807) is 6.07 Å². The summed E-state index contributed by atoms with van der Waals surface area (Å²) in [5.41, 5.74) is -0.413. The van der Waals surface area contributed by atoms with Gasteiger partial charge < -0.3 is 4.90 Å². The van der Waals surface area contributed by atoms with Gasteiger partial charge in [0.15, 0.2) is 5.78 Å². The molecule has 0 unspecified atom stereocenters. The first kappa shape index (κ1) is 23.5. The van der Waals surface area contributed by atoms with Crippen molar-refractivity contribution in [3.63, 3.8) is 0 Å². The van der Waals surface area contributed by atoms with Gasteiger partial charge in [0, 0.05) is 52.0 Å². The van der Waals surface area contributed by atoms with Crippen LogP contribution < -0.4 is 11.2 Å². The number of amides is 1. The second kappa shape index (κ2) is 8.61. The first-order chi connectivity index (χ1) is 16.0. The van der Waals surface area contributed by atoms with Crippen molar-refractivity contribution in [2.75, 3.05) is 26.2 Å². The number of aryl methyl sites for hydroxylation is 1. The fraction of sp³-hybridized carbons (Fsp3) is 0.318. The maximum Gasteiger partial charge on any atom is 0.332 e. The lowest BCUT2D eigenvalue weighted by Gasteiger charge is -2.34. The minimum Gasteiger partial charge on any atom is -0.336 e.